The molecule has 2 rings (SSSR count). The SMILES string of the molecule is C=CCC=CC=CC=C(CC=C)c1c(C(N)=O)ccc2c1CCCC2. The topological polar surface area (TPSA) is 43.1 Å². The Kier molecular flexibility index (Phi) is 7.21. The molecule has 130 valence electrons. The van der Waals surface area contributed by atoms with Crippen LogP contribution in [0, 0.1) is 0 Å². The first-order valence-electron chi connectivity index (χ1n) is 8.88. The molecule has 1 aromatic rings. The first-order valence-corrected chi connectivity index (χ1v) is 8.88. The molecule has 0 aromatic heterocycles. The number of carbonyl (C=O) groups is 1. The lowest BCUT2D eigenvalue weighted by Crippen LogP contribution is -2.17. The molecular formula is C23H27NO. The van der Waals surface area contributed by atoms with E-state index in [9.17, 15) is 4.79 Å². The van der Waals surface area contributed by atoms with E-state index in [1.54, 1.807) is 0 Å². The van der Waals surface area contributed by atoms with Gasteiger partial charge in [0, 0.05) is 5.56 Å². The summed E-state index contributed by atoms with van der Waals surface area (Å²) in [5.41, 5.74) is 11.0. The smallest absolute Gasteiger partial charge is 0.249 e. The molecule has 25 heavy (non-hydrogen) atoms. The molecule has 1 aliphatic carbocycles. The third-order valence-corrected chi connectivity index (χ3v) is 4.44. The molecule has 1 aromatic carbocycles. The molecule has 0 spiro atoms. The summed E-state index contributed by atoms with van der Waals surface area (Å²) in [6.07, 6.45) is 19.8. The Morgan fingerprint density at radius 3 is 2.60 bits per heavy atom. The average molecular weight is 333 g/mol. The summed E-state index contributed by atoms with van der Waals surface area (Å²) in [5, 5.41) is 0. The first kappa shape index (κ1) is 18.7. The molecule has 1 aliphatic rings. The van der Waals surface area contributed by atoms with Crippen LogP contribution in [0.5, 0.6) is 0 Å². The van der Waals surface area contributed by atoms with Gasteiger partial charge in [0.25, 0.3) is 0 Å². The van der Waals surface area contributed by atoms with Gasteiger partial charge in [-0.15, -0.1) is 13.2 Å². The van der Waals surface area contributed by atoms with Gasteiger partial charge < -0.3 is 5.73 Å². The van der Waals surface area contributed by atoms with Gasteiger partial charge in [-0.3, -0.25) is 4.79 Å². The number of carbonyl (C=O) groups excluding carboxylic acids is 1. The average Bonchev–Trinajstić information content (AvgIpc) is 2.62. The number of nitrogens with two attached hydrogens (primary N) is 1. The summed E-state index contributed by atoms with van der Waals surface area (Å²) in [7, 11) is 0. The molecule has 0 radical (unpaired) electrons. The van der Waals surface area contributed by atoms with Crippen LogP contribution in [0.15, 0.2) is 67.8 Å². The molecule has 0 fully saturated rings. The second-order valence-electron chi connectivity index (χ2n) is 6.22. The van der Waals surface area contributed by atoms with Crippen LogP contribution in [-0.2, 0) is 12.8 Å². The number of aryl methyl sites for hydroxylation is 1. The maximum absolute atomic E-state index is 12.0. The van der Waals surface area contributed by atoms with Crippen molar-refractivity contribution in [2.75, 3.05) is 0 Å². The van der Waals surface area contributed by atoms with Crippen molar-refractivity contribution in [2.45, 2.75) is 38.5 Å². The van der Waals surface area contributed by atoms with Crippen LogP contribution in [0.4, 0.5) is 0 Å². The van der Waals surface area contributed by atoms with E-state index in [4.69, 9.17) is 5.73 Å². The number of amides is 1. The minimum Gasteiger partial charge on any atom is -0.366 e. The fraction of sp³-hybridized carbons (Fsp3) is 0.261. The summed E-state index contributed by atoms with van der Waals surface area (Å²) in [6, 6.07) is 3.95. The lowest BCUT2D eigenvalue weighted by molar-refractivity contribution is 0.1000. The monoisotopic (exact) mass is 333 g/mol. The van der Waals surface area contributed by atoms with Crippen molar-refractivity contribution in [1.29, 1.82) is 0 Å². The summed E-state index contributed by atoms with van der Waals surface area (Å²) >= 11 is 0. The fourth-order valence-electron chi connectivity index (χ4n) is 3.30. The molecule has 0 bridgehead atoms. The van der Waals surface area contributed by atoms with Crippen molar-refractivity contribution >= 4 is 11.5 Å². The van der Waals surface area contributed by atoms with Crippen molar-refractivity contribution < 1.29 is 4.79 Å². The summed E-state index contributed by atoms with van der Waals surface area (Å²) in [6.45, 7) is 7.57. The number of allylic oxidation sites excluding steroid dienone is 8. The Morgan fingerprint density at radius 1 is 1.08 bits per heavy atom. The number of hydrogen-bond donors (Lipinski definition) is 1. The maximum Gasteiger partial charge on any atom is 0.249 e. The Morgan fingerprint density at radius 2 is 1.88 bits per heavy atom. The van der Waals surface area contributed by atoms with Crippen LogP contribution in [-0.4, -0.2) is 5.91 Å². The van der Waals surface area contributed by atoms with Crippen LogP contribution < -0.4 is 5.73 Å². The Labute approximate surface area is 151 Å². The zero-order chi connectivity index (χ0) is 18.1. The molecule has 0 unspecified atom stereocenters. The van der Waals surface area contributed by atoms with Gasteiger partial charge in [-0.05, 0) is 66.9 Å². The Hall–Kier alpha value is -2.61. The highest BCUT2D eigenvalue weighted by Crippen LogP contribution is 2.33. The van der Waals surface area contributed by atoms with Gasteiger partial charge >= 0.3 is 0 Å². The normalized spacial score (nSPS) is 14.6. The molecule has 2 N–H and O–H groups in total. The molecule has 0 heterocycles. The highest BCUT2D eigenvalue weighted by atomic mass is 16.1. The van der Waals surface area contributed by atoms with Gasteiger partial charge in [0.05, 0.1) is 0 Å². The van der Waals surface area contributed by atoms with Crippen LogP contribution in [0.2, 0.25) is 0 Å². The third-order valence-electron chi connectivity index (χ3n) is 4.44. The lowest BCUT2D eigenvalue weighted by atomic mass is 9.82. The highest BCUT2D eigenvalue weighted by Gasteiger charge is 2.20. The lowest BCUT2D eigenvalue weighted by Gasteiger charge is -2.22. The minimum atomic E-state index is -0.367. The molecule has 2 nitrogen and oxygen atoms in total. The van der Waals surface area contributed by atoms with Gasteiger partial charge in [-0.25, -0.2) is 0 Å². The Balaban J connectivity index is 2.47. The van der Waals surface area contributed by atoms with E-state index in [0.717, 1.165) is 36.8 Å². The predicted octanol–water partition coefficient (Wildman–Crippen LogP) is 5.31. The first-order chi connectivity index (χ1) is 12.2. The number of fused-ring (bicyclic) bond motifs is 1. The quantitative estimate of drug-likeness (QED) is 0.508. The molecule has 0 atom stereocenters. The van der Waals surface area contributed by atoms with Gasteiger partial charge in [0.1, 0.15) is 0 Å². The molecule has 0 saturated heterocycles. The van der Waals surface area contributed by atoms with E-state index in [1.807, 2.05) is 42.5 Å². The van der Waals surface area contributed by atoms with Gasteiger partial charge in [-0.1, -0.05) is 48.6 Å². The number of benzene rings is 1. The minimum absolute atomic E-state index is 0.367. The zero-order valence-corrected chi connectivity index (χ0v) is 14.8. The second-order valence-corrected chi connectivity index (χ2v) is 6.22. The predicted molar refractivity (Wildman–Crippen MR) is 107 cm³/mol. The molecular weight excluding hydrogens is 306 g/mol. The van der Waals surface area contributed by atoms with Crippen molar-refractivity contribution in [3.8, 4) is 0 Å². The summed E-state index contributed by atoms with van der Waals surface area (Å²) in [5.74, 6) is -0.367. The standard InChI is InChI=1S/C23H27NO/c1-3-5-6-7-8-9-14-19(12-4-2)22-20-15-11-10-13-18(20)16-17-21(22)23(24)25/h3-4,6-9,14,16-17H,1-2,5,10-13,15H2,(H2,24,25). The molecule has 0 saturated carbocycles. The largest absolute Gasteiger partial charge is 0.366 e. The highest BCUT2D eigenvalue weighted by molar-refractivity contribution is 5.99. The van der Waals surface area contributed by atoms with Crippen LogP contribution >= 0.6 is 0 Å². The van der Waals surface area contributed by atoms with Crippen molar-refractivity contribution in [1.82, 2.24) is 0 Å². The number of rotatable bonds is 8. The van der Waals surface area contributed by atoms with Gasteiger partial charge in [0.15, 0.2) is 0 Å². The van der Waals surface area contributed by atoms with E-state index in [1.165, 1.54) is 17.5 Å². The Bertz CT molecular complexity index is 735. The fourth-order valence-corrected chi connectivity index (χ4v) is 3.30. The summed E-state index contributed by atoms with van der Waals surface area (Å²) < 4.78 is 0. The van der Waals surface area contributed by atoms with Crippen molar-refractivity contribution in [2.24, 2.45) is 5.73 Å². The maximum atomic E-state index is 12.0. The van der Waals surface area contributed by atoms with E-state index in [0.29, 0.717) is 12.0 Å². The van der Waals surface area contributed by atoms with Gasteiger partial charge in [0.2, 0.25) is 5.91 Å². The van der Waals surface area contributed by atoms with E-state index in [-0.39, 0.29) is 5.91 Å². The number of primary amides is 1. The van der Waals surface area contributed by atoms with Crippen molar-refractivity contribution in [3.63, 3.8) is 0 Å². The van der Waals surface area contributed by atoms with Crippen molar-refractivity contribution in [3.05, 3.63) is 90.1 Å². The van der Waals surface area contributed by atoms with Crippen LogP contribution in [0.1, 0.15) is 52.7 Å². The van der Waals surface area contributed by atoms with Crippen LogP contribution in [0.25, 0.3) is 5.57 Å². The van der Waals surface area contributed by atoms with Gasteiger partial charge in [-0.2, -0.15) is 0 Å². The van der Waals surface area contributed by atoms with E-state index < -0.39 is 0 Å². The molecule has 1 amide bonds. The number of hydrogen-bond acceptors (Lipinski definition) is 1. The molecule has 0 aliphatic heterocycles. The van der Waals surface area contributed by atoms with E-state index in [2.05, 4.69) is 25.3 Å². The van der Waals surface area contributed by atoms with E-state index >= 15 is 0 Å². The zero-order valence-electron chi connectivity index (χ0n) is 14.8. The summed E-state index contributed by atoms with van der Waals surface area (Å²) in [4.78, 5) is 12.0. The second kappa shape index (κ2) is 9.63. The molecule has 2 heteroatoms. The van der Waals surface area contributed by atoms with Crippen LogP contribution in [0.3, 0.4) is 0 Å². The third kappa shape index (κ3) is 4.93.